The molecule has 1 heterocycles. The van der Waals surface area contributed by atoms with E-state index in [0.29, 0.717) is 40.6 Å². The number of rotatable bonds is 8. The number of imide groups is 1. The molecule has 0 aromatic heterocycles. The third-order valence-electron chi connectivity index (χ3n) is 5.07. The van der Waals surface area contributed by atoms with Crippen molar-refractivity contribution in [1.29, 1.82) is 0 Å². The first kappa shape index (κ1) is 21.2. The fourth-order valence-corrected chi connectivity index (χ4v) is 3.53. The van der Waals surface area contributed by atoms with Crippen molar-refractivity contribution >= 4 is 28.8 Å². The Balaban J connectivity index is 1.77. The zero-order valence-corrected chi connectivity index (χ0v) is 18.0. The van der Waals surface area contributed by atoms with Crippen LogP contribution in [0, 0.1) is 0 Å². The van der Waals surface area contributed by atoms with Gasteiger partial charge in [0.2, 0.25) is 0 Å². The molecule has 0 saturated heterocycles. The number of para-hydroxylation sites is 2. The normalized spacial score (nSPS) is 13.5. The Morgan fingerprint density at radius 2 is 1.53 bits per heavy atom. The summed E-state index contributed by atoms with van der Waals surface area (Å²) in [6.07, 6.45) is 0.814. The minimum atomic E-state index is -0.433. The molecule has 1 N–H and O–H groups in total. The van der Waals surface area contributed by atoms with Crippen LogP contribution in [0.3, 0.4) is 0 Å². The Kier molecular flexibility index (Phi) is 6.22. The van der Waals surface area contributed by atoms with Crippen LogP contribution in [0.1, 0.15) is 18.9 Å². The summed E-state index contributed by atoms with van der Waals surface area (Å²) >= 11 is 0. The highest BCUT2D eigenvalue weighted by Gasteiger charge is 2.41. The van der Waals surface area contributed by atoms with Crippen molar-refractivity contribution in [2.75, 3.05) is 23.9 Å². The topological polar surface area (TPSA) is 67.9 Å². The molecule has 6 heteroatoms. The molecular formula is C26H24N2O4. The van der Waals surface area contributed by atoms with Gasteiger partial charge in [-0.1, -0.05) is 49.4 Å². The summed E-state index contributed by atoms with van der Waals surface area (Å²) in [5, 5.41) is 3.15. The van der Waals surface area contributed by atoms with Gasteiger partial charge < -0.3 is 14.8 Å². The van der Waals surface area contributed by atoms with Crippen molar-refractivity contribution in [3.05, 3.63) is 90.1 Å². The largest absolute Gasteiger partial charge is 0.497 e. The van der Waals surface area contributed by atoms with E-state index in [1.165, 1.54) is 4.90 Å². The van der Waals surface area contributed by atoms with E-state index in [9.17, 15) is 9.59 Å². The van der Waals surface area contributed by atoms with E-state index in [0.717, 1.165) is 6.42 Å². The van der Waals surface area contributed by atoms with E-state index in [-0.39, 0.29) is 5.70 Å². The predicted octanol–water partition coefficient (Wildman–Crippen LogP) is 4.88. The first-order valence-electron chi connectivity index (χ1n) is 10.5. The molecule has 0 aliphatic carbocycles. The summed E-state index contributed by atoms with van der Waals surface area (Å²) in [5.74, 6) is 0.362. The second-order valence-corrected chi connectivity index (χ2v) is 7.23. The Morgan fingerprint density at radius 1 is 0.844 bits per heavy atom. The van der Waals surface area contributed by atoms with Crippen molar-refractivity contribution < 1.29 is 19.1 Å². The lowest BCUT2D eigenvalue weighted by Crippen LogP contribution is -2.32. The van der Waals surface area contributed by atoms with Crippen molar-refractivity contribution in [3.8, 4) is 11.5 Å². The number of anilines is 2. The van der Waals surface area contributed by atoms with Crippen LogP contribution in [-0.4, -0.2) is 25.5 Å². The van der Waals surface area contributed by atoms with E-state index in [1.807, 2.05) is 43.3 Å². The number of hydrogen-bond acceptors (Lipinski definition) is 5. The van der Waals surface area contributed by atoms with Crippen LogP contribution < -0.4 is 19.7 Å². The van der Waals surface area contributed by atoms with Gasteiger partial charge in [-0.25, -0.2) is 4.90 Å². The zero-order chi connectivity index (χ0) is 22.5. The van der Waals surface area contributed by atoms with Gasteiger partial charge in [-0.3, -0.25) is 9.59 Å². The van der Waals surface area contributed by atoms with Crippen LogP contribution in [0.2, 0.25) is 0 Å². The van der Waals surface area contributed by atoms with Gasteiger partial charge in [-0.2, -0.15) is 0 Å². The summed E-state index contributed by atoms with van der Waals surface area (Å²) < 4.78 is 11.0. The lowest BCUT2D eigenvalue weighted by molar-refractivity contribution is -0.120. The molecule has 3 aromatic carbocycles. The minimum Gasteiger partial charge on any atom is -0.497 e. The highest BCUT2D eigenvalue weighted by atomic mass is 16.5. The average Bonchev–Trinajstić information content (AvgIpc) is 3.08. The van der Waals surface area contributed by atoms with Gasteiger partial charge in [0, 0.05) is 5.69 Å². The summed E-state index contributed by atoms with van der Waals surface area (Å²) in [6, 6.07) is 23.5. The molecule has 0 atom stereocenters. The molecule has 1 aliphatic heterocycles. The molecule has 0 bridgehead atoms. The number of carbonyl (C=O) groups is 2. The van der Waals surface area contributed by atoms with Crippen molar-refractivity contribution in [1.82, 2.24) is 0 Å². The number of nitrogens with zero attached hydrogens (tertiary/aromatic N) is 1. The number of benzene rings is 3. The first-order valence-corrected chi connectivity index (χ1v) is 10.5. The number of methoxy groups -OCH3 is 1. The fourth-order valence-electron chi connectivity index (χ4n) is 3.53. The Hall–Kier alpha value is -4.06. The summed E-state index contributed by atoms with van der Waals surface area (Å²) in [4.78, 5) is 28.3. The predicted molar refractivity (Wildman–Crippen MR) is 125 cm³/mol. The smallest absolute Gasteiger partial charge is 0.282 e. The Labute approximate surface area is 187 Å². The number of hydrogen-bond donors (Lipinski definition) is 1. The van der Waals surface area contributed by atoms with Crippen molar-refractivity contribution in [3.63, 3.8) is 0 Å². The fraction of sp³-hybridized carbons (Fsp3) is 0.154. The van der Waals surface area contributed by atoms with Crippen molar-refractivity contribution in [2.45, 2.75) is 13.3 Å². The van der Waals surface area contributed by atoms with Crippen LogP contribution in [-0.2, 0) is 9.59 Å². The standard InChI is InChI=1S/C26H24N2O4/c1-3-17-32-22-12-8-7-11-21(22)28-25(29)23(18-9-5-4-6-10-18)24(26(28)30)27-19-13-15-20(31-2)16-14-19/h4-16,27H,3,17H2,1-2H3. The molecule has 1 aliphatic rings. The quantitative estimate of drug-likeness (QED) is 0.518. The van der Waals surface area contributed by atoms with E-state index >= 15 is 0 Å². The van der Waals surface area contributed by atoms with Gasteiger partial charge in [0.15, 0.2) is 0 Å². The molecule has 32 heavy (non-hydrogen) atoms. The molecule has 0 fully saturated rings. The van der Waals surface area contributed by atoms with Crippen LogP contribution in [0.4, 0.5) is 11.4 Å². The van der Waals surface area contributed by atoms with Crippen LogP contribution in [0.15, 0.2) is 84.6 Å². The monoisotopic (exact) mass is 428 g/mol. The molecule has 0 unspecified atom stereocenters. The van der Waals surface area contributed by atoms with Gasteiger partial charge in [-0.05, 0) is 48.4 Å². The number of nitrogens with one attached hydrogen (secondary N) is 1. The lowest BCUT2D eigenvalue weighted by Gasteiger charge is -2.19. The Morgan fingerprint density at radius 3 is 2.22 bits per heavy atom. The maximum Gasteiger partial charge on any atom is 0.282 e. The van der Waals surface area contributed by atoms with Crippen LogP contribution in [0.25, 0.3) is 5.57 Å². The van der Waals surface area contributed by atoms with E-state index in [1.54, 1.807) is 49.6 Å². The van der Waals surface area contributed by atoms with Gasteiger partial charge in [0.05, 0.1) is 25.0 Å². The third-order valence-corrected chi connectivity index (χ3v) is 5.07. The highest BCUT2D eigenvalue weighted by molar-refractivity contribution is 6.46. The maximum atomic E-state index is 13.6. The SMILES string of the molecule is CCCOc1ccccc1N1C(=O)C(Nc2ccc(OC)cc2)=C(c2ccccc2)C1=O. The maximum absolute atomic E-state index is 13.6. The van der Waals surface area contributed by atoms with E-state index in [2.05, 4.69) is 5.32 Å². The van der Waals surface area contributed by atoms with E-state index in [4.69, 9.17) is 9.47 Å². The van der Waals surface area contributed by atoms with Crippen LogP contribution in [0.5, 0.6) is 11.5 Å². The van der Waals surface area contributed by atoms with Gasteiger partial charge in [-0.15, -0.1) is 0 Å². The number of ether oxygens (including phenoxy) is 2. The Bertz CT molecular complexity index is 1150. The average molecular weight is 428 g/mol. The molecule has 2 amide bonds. The second kappa shape index (κ2) is 9.39. The minimum absolute atomic E-state index is 0.219. The summed E-state index contributed by atoms with van der Waals surface area (Å²) in [5.41, 5.74) is 2.30. The molecule has 6 nitrogen and oxygen atoms in total. The van der Waals surface area contributed by atoms with Gasteiger partial charge in [0.25, 0.3) is 11.8 Å². The number of amides is 2. The van der Waals surface area contributed by atoms with Crippen molar-refractivity contribution in [2.24, 2.45) is 0 Å². The molecular weight excluding hydrogens is 404 g/mol. The molecule has 0 spiro atoms. The second-order valence-electron chi connectivity index (χ2n) is 7.23. The summed E-state index contributed by atoms with van der Waals surface area (Å²) in [7, 11) is 1.59. The lowest BCUT2D eigenvalue weighted by atomic mass is 10.0. The van der Waals surface area contributed by atoms with Crippen LogP contribution >= 0.6 is 0 Å². The third kappa shape index (κ3) is 4.07. The molecule has 4 rings (SSSR count). The highest BCUT2D eigenvalue weighted by Crippen LogP contribution is 2.38. The molecule has 3 aromatic rings. The summed E-state index contributed by atoms with van der Waals surface area (Å²) in [6.45, 7) is 2.49. The first-order chi connectivity index (χ1) is 15.6. The zero-order valence-electron chi connectivity index (χ0n) is 18.0. The molecule has 0 radical (unpaired) electrons. The number of carbonyl (C=O) groups excluding carboxylic acids is 2. The molecule has 162 valence electrons. The van der Waals surface area contributed by atoms with Gasteiger partial charge >= 0.3 is 0 Å². The van der Waals surface area contributed by atoms with Gasteiger partial charge in [0.1, 0.15) is 17.2 Å². The molecule has 0 saturated carbocycles. The van der Waals surface area contributed by atoms with E-state index < -0.39 is 11.8 Å².